The smallest absolute Gasteiger partial charge is 0.311 e. The van der Waals surface area contributed by atoms with Crippen LogP contribution in [0.2, 0.25) is 0 Å². The molecule has 0 heterocycles. The Bertz CT molecular complexity index is 2110. The maximum absolute atomic E-state index is 11.4. The van der Waals surface area contributed by atoms with Crippen LogP contribution in [0.5, 0.6) is 23.0 Å². The summed E-state index contributed by atoms with van der Waals surface area (Å²) in [5.74, 6) is -0.371. The van der Waals surface area contributed by atoms with Crippen molar-refractivity contribution in [3.05, 3.63) is 125 Å². The molecule has 252 valence electrons. The molecule has 0 fully saturated rings. The highest BCUT2D eigenvalue weighted by Gasteiger charge is 2.20. The van der Waals surface area contributed by atoms with Crippen LogP contribution >= 0.6 is 0 Å². The summed E-state index contributed by atoms with van der Waals surface area (Å²) in [6.07, 6.45) is 1.81. The van der Waals surface area contributed by atoms with Gasteiger partial charge in [0.05, 0.1) is 55.7 Å². The lowest BCUT2D eigenvalue weighted by atomic mass is 10.2. The lowest BCUT2D eigenvalue weighted by Crippen LogP contribution is -2.10. The van der Waals surface area contributed by atoms with Gasteiger partial charge in [0.1, 0.15) is 5.75 Å². The lowest BCUT2D eigenvalue weighted by molar-refractivity contribution is -0.386. The number of benzene rings is 4. The summed E-state index contributed by atoms with van der Waals surface area (Å²) >= 11 is 0. The van der Waals surface area contributed by atoms with E-state index in [2.05, 4.69) is 9.44 Å². The Kier molecular flexibility index (Phi) is 11.1. The van der Waals surface area contributed by atoms with Crippen LogP contribution in [0.1, 0.15) is 0 Å². The molecule has 4 aromatic rings. The molecule has 0 aliphatic carbocycles. The number of rotatable bonds is 12. The molecule has 0 unspecified atom stereocenters. The third-order valence-corrected chi connectivity index (χ3v) is 6.68. The van der Waals surface area contributed by atoms with Crippen molar-refractivity contribution in [2.75, 3.05) is 22.0 Å². The topological polar surface area (TPSA) is 283 Å². The minimum atomic E-state index is -3.69. The summed E-state index contributed by atoms with van der Waals surface area (Å²) in [6, 6.07) is 16.9. The summed E-state index contributed by atoms with van der Waals surface area (Å²) in [6.45, 7) is 0. The molecule has 0 spiro atoms. The fourth-order valence-corrected chi connectivity index (χ4v) is 4.70. The SMILES string of the molecule is CS(=O)(=O)Nc1ccc([N+](=O)[O-])cc1Oc1ccc([N+](=O)[O-])cc1.CS(=O)(=O)Nc1ccc([N+](=O)[O-])cc1Oc1ccccc1[N+](=O)[O-]. The largest absolute Gasteiger partial charge is 0.455 e. The van der Waals surface area contributed by atoms with Gasteiger partial charge in [-0.1, -0.05) is 12.1 Å². The van der Waals surface area contributed by atoms with Gasteiger partial charge in [0.15, 0.2) is 11.5 Å². The molecule has 20 nitrogen and oxygen atoms in total. The number of hydrogen-bond acceptors (Lipinski definition) is 14. The summed E-state index contributed by atoms with van der Waals surface area (Å²) in [5.41, 5.74) is -1.26. The molecule has 0 saturated carbocycles. The van der Waals surface area contributed by atoms with E-state index in [1.165, 1.54) is 54.6 Å². The van der Waals surface area contributed by atoms with Gasteiger partial charge in [-0.25, -0.2) is 16.8 Å². The molecular formula is C26H22N6O14S2. The molecule has 2 N–H and O–H groups in total. The molecule has 0 bridgehead atoms. The first-order valence-corrected chi connectivity index (χ1v) is 16.5. The van der Waals surface area contributed by atoms with E-state index in [-0.39, 0.29) is 57.1 Å². The van der Waals surface area contributed by atoms with Gasteiger partial charge in [0, 0.05) is 30.3 Å². The second kappa shape index (κ2) is 14.8. The van der Waals surface area contributed by atoms with Crippen molar-refractivity contribution in [1.29, 1.82) is 0 Å². The third-order valence-electron chi connectivity index (χ3n) is 5.50. The maximum atomic E-state index is 11.4. The molecule has 22 heteroatoms. The predicted octanol–water partition coefficient (Wildman–Crippen LogP) is 5.33. The zero-order chi connectivity index (χ0) is 35.8. The van der Waals surface area contributed by atoms with Crippen molar-refractivity contribution in [1.82, 2.24) is 0 Å². The fraction of sp³-hybridized carbons (Fsp3) is 0.0769. The van der Waals surface area contributed by atoms with Gasteiger partial charge in [-0.05, 0) is 30.3 Å². The number of non-ortho nitro benzene ring substituents is 3. The molecular weight excluding hydrogens is 684 g/mol. The van der Waals surface area contributed by atoms with Gasteiger partial charge >= 0.3 is 5.69 Å². The van der Waals surface area contributed by atoms with Crippen molar-refractivity contribution in [2.24, 2.45) is 0 Å². The summed E-state index contributed by atoms with van der Waals surface area (Å²) in [5, 5.41) is 43.4. The molecule has 48 heavy (non-hydrogen) atoms. The molecule has 0 saturated heterocycles. The molecule has 0 atom stereocenters. The highest BCUT2D eigenvalue weighted by Crippen LogP contribution is 2.37. The van der Waals surface area contributed by atoms with Gasteiger partial charge in [-0.15, -0.1) is 0 Å². The van der Waals surface area contributed by atoms with Gasteiger partial charge < -0.3 is 9.47 Å². The molecule has 0 radical (unpaired) electrons. The van der Waals surface area contributed by atoms with Gasteiger partial charge in [-0.3, -0.25) is 49.9 Å². The van der Waals surface area contributed by atoms with Crippen molar-refractivity contribution >= 4 is 54.2 Å². The van der Waals surface area contributed by atoms with Crippen LogP contribution in [-0.2, 0) is 20.0 Å². The van der Waals surface area contributed by atoms with Gasteiger partial charge in [0.2, 0.25) is 25.8 Å². The van der Waals surface area contributed by atoms with Gasteiger partial charge in [-0.2, -0.15) is 0 Å². The zero-order valence-electron chi connectivity index (χ0n) is 24.4. The average Bonchev–Trinajstić information content (AvgIpc) is 2.98. The normalized spacial score (nSPS) is 10.9. The number of nitrogens with one attached hydrogen (secondary N) is 2. The number of nitro groups is 4. The number of hydrogen-bond donors (Lipinski definition) is 2. The second-order valence-electron chi connectivity index (χ2n) is 9.30. The maximum Gasteiger partial charge on any atom is 0.311 e. The van der Waals surface area contributed by atoms with E-state index in [0.717, 1.165) is 42.8 Å². The van der Waals surface area contributed by atoms with Crippen LogP contribution in [-0.4, -0.2) is 49.0 Å². The van der Waals surface area contributed by atoms with Gasteiger partial charge in [0.25, 0.3) is 17.1 Å². The second-order valence-corrected chi connectivity index (χ2v) is 12.8. The minimum Gasteiger partial charge on any atom is -0.455 e. The summed E-state index contributed by atoms with van der Waals surface area (Å²) in [4.78, 5) is 40.7. The van der Waals surface area contributed by atoms with E-state index in [1.807, 2.05) is 0 Å². The van der Waals surface area contributed by atoms with Crippen molar-refractivity contribution in [2.45, 2.75) is 0 Å². The van der Waals surface area contributed by atoms with Crippen LogP contribution < -0.4 is 18.9 Å². The standard InChI is InChI=1S/2C13H11N3O7S/c1-24(21,22)14-12-7-4-10(16(19)20)8-13(12)23-11-5-2-9(3-6-11)15(17)18;1-24(21,22)14-10-7-6-9(15(17)18)8-13(10)23-12-5-3-2-4-11(12)16(19)20/h2*2-8,14H,1H3. The lowest BCUT2D eigenvalue weighted by Gasteiger charge is -2.12. The van der Waals surface area contributed by atoms with E-state index in [0.29, 0.717) is 0 Å². The summed E-state index contributed by atoms with van der Waals surface area (Å²) in [7, 11) is -7.32. The first-order chi connectivity index (χ1) is 22.3. The van der Waals surface area contributed by atoms with Crippen molar-refractivity contribution in [3.8, 4) is 23.0 Å². The van der Waals surface area contributed by atoms with Crippen LogP contribution in [0.15, 0.2) is 84.9 Å². The van der Waals surface area contributed by atoms with Crippen molar-refractivity contribution < 1.29 is 46.0 Å². The van der Waals surface area contributed by atoms with E-state index < -0.39 is 39.7 Å². The zero-order valence-corrected chi connectivity index (χ0v) is 26.0. The van der Waals surface area contributed by atoms with Crippen LogP contribution in [0, 0.1) is 40.5 Å². The molecule has 4 aromatic carbocycles. The molecule has 0 amide bonds. The van der Waals surface area contributed by atoms with Crippen LogP contribution in [0.4, 0.5) is 34.1 Å². The number of anilines is 2. The number of para-hydroxylation sites is 2. The first-order valence-electron chi connectivity index (χ1n) is 12.7. The van der Waals surface area contributed by atoms with Crippen LogP contribution in [0.3, 0.4) is 0 Å². The molecule has 0 aliphatic heterocycles. The fourth-order valence-electron chi connectivity index (χ4n) is 3.56. The Balaban J connectivity index is 0.000000260. The first kappa shape index (κ1) is 36.1. The average molecular weight is 707 g/mol. The van der Waals surface area contributed by atoms with Crippen LogP contribution in [0.25, 0.3) is 0 Å². The van der Waals surface area contributed by atoms with E-state index >= 15 is 0 Å². The molecule has 0 aliphatic rings. The predicted molar refractivity (Wildman–Crippen MR) is 169 cm³/mol. The minimum absolute atomic E-state index is 0.00135. The van der Waals surface area contributed by atoms with E-state index in [1.54, 1.807) is 0 Å². The number of nitro benzene ring substituents is 4. The molecule has 4 rings (SSSR count). The Labute approximate surface area is 270 Å². The number of ether oxygens (including phenoxy) is 2. The van der Waals surface area contributed by atoms with Crippen molar-refractivity contribution in [3.63, 3.8) is 0 Å². The quantitative estimate of drug-likeness (QED) is 0.139. The highest BCUT2D eigenvalue weighted by atomic mass is 32.2. The number of sulfonamides is 2. The monoisotopic (exact) mass is 706 g/mol. The Morgan fingerprint density at radius 2 is 0.938 bits per heavy atom. The van der Waals surface area contributed by atoms with E-state index in [4.69, 9.17) is 9.47 Å². The molecule has 0 aromatic heterocycles. The third kappa shape index (κ3) is 10.6. The Morgan fingerprint density at radius 1 is 0.521 bits per heavy atom. The summed E-state index contributed by atoms with van der Waals surface area (Å²) < 4.78 is 60.6. The van der Waals surface area contributed by atoms with E-state index in [9.17, 15) is 57.3 Å². The number of nitrogens with zero attached hydrogens (tertiary/aromatic N) is 4. The Morgan fingerprint density at radius 3 is 1.35 bits per heavy atom. The Hall–Kier alpha value is -6.42. The highest BCUT2D eigenvalue weighted by molar-refractivity contribution is 7.92.